The molecule has 0 aromatic heterocycles. The molecule has 1 fully saturated rings. The summed E-state index contributed by atoms with van der Waals surface area (Å²) in [6.45, 7) is 2.26. The predicted molar refractivity (Wildman–Crippen MR) is 65.2 cm³/mol. The predicted octanol–water partition coefficient (Wildman–Crippen LogP) is 2.14. The van der Waals surface area contributed by atoms with E-state index >= 15 is 0 Å². The third-order valence-corrected chi connectivity index (χ3v) is 2.85. The summed E-state index contributed by atoms with van der Waals surface area (Å²) in [5.41, 5.74) is 1.46. The quantitative estimate of drug-likeness (QED) is 0.811. The Bertz CT molecular complexity index is 422. The van der Waals surface area contributed by atoms with Crippen molar-refractivity contribution in [3.63, 3.8) is 0 Å². The van der Waals surface area contributed by atoms with Crippen LogP contribution in [0.2, 0.25) is 0 Å². The standard InChI is InChI=1S/C12H16N3O2/c13-14-10-3-4-11(15-5-1-2-6-15)12(9-10)17-8-7-16/h3-4,9,16H,1-2,5-8H2/q+1. The van der Waals surface area contributed by atoms with Gasteiger partial charge in [-0.15, -0.1) is 0 Å². The number of hydrogen-bond donors (Lipinski definition) is 1. The summed E-state index contributed by atoms with van der Waals surface area (Å²) in [6, 6.07) is 5.33. The fraction of sp³-hybridized carbons (Fsp3) is 0.500. The van der Waals surface area contributed by atoms with Gasteiger partial charge < -0.3 is 14.7 Å². The molecule has 0 unspecified atom stereocenters. The summed E-state index contributed by atoms with van der Waals surface area (Å²) in [5, 5.41) is 17.5. The Labute approximate surface area is 100 Å². The number of hydrogen-bond acceptors (Lipinski definition) is 4. The van der Waals surface area contributed by atoms with Crippen LogP contribution >= 0.6 is 0 Å². The molecule has 0 atom stereocenters. The van der Waals surface area contributed by atoms with Gasteiger partial charge in [0.2, 0.25) is 5.39 Å². The number of anilines is 1. The maximum Gasteiger partial charge on any atom is 0.388 e. The lowest BCUT2D eigenvalue weighted by molar-refractivity contribution is 0.201. The third kappa shape index (κ3) is 2.66. The fourth-order valence-electron chi connectivity index (χ4n) is 2.06. The van der Waals surface area contributed by atoms with Crippen LogP contribution in [0.3, 0.4) is 0 Å². The van der Waals surface area contributed by atoms with Crippen molar-refractivity contribution in [3.05, 3.63) is 23.2 Å². The smallest absolute Gasteiger partial charge is 0.388 e. The van der Waals surface area contributed by atoms with Crippen LogP contribution in [0.1, 0.15) is 12.8 Å². The topological polar surface area (TPSA) is 60.9 Å². The summed E-state index contributed by atoms with van der Waals surface area (Å²) < 4.78 is 5.48. The van der Waals surface area contributed by atoms with E-state index in [1.165, 1.54) is 12.8 Å². The molecular formula is C12H16N3O2+. The zero-order chi connectivity index (χ0) is 12.1. The molecule has 2 rings (SSSR count). The Morgan fingerprint density at radius 1 is 1.35 bits per heavy atom. The van der Waals surface area contributed by atoms with Crippen LogP contribution in [-0.2, 0) is 0 Å². The van der Waals surface area contributed by atoms with Gasteiger partial charge in [-0.25, -0.2) is 0 Å². The van der Waals surface area contributed by atoms with Gasteiger partial charge in [0.05, 0.1) is 18.4 Å². The second kappa shape index (κ2) is 5.51. The van der Waals surface area contributed by atoms with E-state index in [9.17, 15) is 0 Å². The van der Waals surface area contributed by atoms with Crippen LogP contribution in [-0.4, -0.2) is 31.4 Å². The molecule has 5 nitrogen and oxygen atoms in total. The second-order valence-corrected chi connectivity index (χ2v) is 4.02. The molecular weight excluding hydrogens is 218 g/mol. The zero-order valence-electron chi connectivity index (χ0n) is 9.67. The second-order valence-electron chi connectivity index (χ2n) is 4.02. The Morgan fingerprint density at radius 2 is 2.12 bits per heavy atom. The van der Waals surface area contributed by atoms with Gasteiger partial charge in [0.1, 0.15) is 6.61 Å². The minimum absolute atomic E-state index is 0.0278. The molecule has 0 bridgehead atoms. The van der Waals surface area contributed by atoms with E-state index in [2.05, 4.69) is 9.88 Å². The van der Waals surface area contributed by atoms with E-state index in [4.69, 9.17) is 15.2 Å². The lowest BCUT2D eigenvalue weighted by Crippen LogP contribution is -2.19. The normalized spacial score (nSPS) is 14.7. The van der Waals surface area contributed by atoms with Gasteiger partial charge in [-0.3, -0.25) is 0 Å². The van der Waals surface area contributed by atoms with Gasteiger partial charge in [0.15, 0.2) is 10.7 Å². The van der Waals surface area contributed by atoms with Crippen molar-refractivity contribution in [1.82, 2.24) is 0 Å². The number of diazo groups is 1. The summed E-state index contributed by atoms with van der Waals surface area (Å²) in [4.78, 5) is 5.39. The average Bonchev–Trinajstić information content (AvgIpc) is 2.89. The van der Waals surface area contributed by atoms with E-state index in [-0.39, 0.29) is 13.2 Å². The van der Waals surface area contributed by atoms with Crippen molar-refractivity contribution in [2.24, 2.45) is 0 Å². The Morgan fingerprint density at radius 3 is 2.76 bits per heavy atom. The molecule has 1 aliphatic rings. The first-order valence-corrected chi connectivity index (χ1v) is 5.83. The van der Waals surface area contributed by atoms with Crippen molar-refractivity contribution < 1.29 is 9.84 Å². The van der Waals surface area contributed by atoms with Crippen molar-refractivity contribution in [2.45, 2.75) is 12.8 Å². The van der Waals surface area contributed by atoms with Crippen LogP contribution in [0, 0.1) is 5.39 Å². The molecule has 0 spiro atoms. The highest BCUT2D eigenvalue weighted by molar-refractivity contribution is 5.65. The summed E-state index contributed by atoms with van der Waals surface area (Å²) in [6.07, 6.45) is 2.37. The number of aliphatic hydroxyl groups excluding tert-OH is 1. The lowest BCUT2D eigenvalue weighted by atomic mass is 10.2. The molecule has 1 saturated heterocycles. The SMILES string of the molecule is N#[N+]c1ccc(N2CCCC2)c(OCCO)c1. The minimum Gasteiger partial charge on any atom is -0.489 e. The zero-order valence-corrected chi connectivity index (χ0v) is 9.67. The molecule has 1 aliphatic heterocycles. The van der Waals surface area contributed by atoms with Gasteiger partial charge in [-0.1, -0.05) is 0 Å². The number of nitrogens with zero attached hydrogens (tertiary/aromatic N) is 3. The molecule has 1 heterocycles. The number of rotatable bonds is 4. The Balaban J connectivity index is 2.25. The average molecular weight is 234 g/mol. The van der Waals surface area contributed by atoms with E-state index in [1.807, 2.05) is 6.07 Å². The van der Waals surface area contributed by atoms with Gasteiger partial charge in [-0.2, -0.15) is 0 Å². The molecule has 0 aliphatic carbocycles. The van der Waals surface area contributed by atoms with Crippen LogP contribution in [0.4, 0.5) is 11.4 Å². The van der Waals surface area contributed by atoms with E-state index in [0.29, 0.717) is 11.4 Å². The maximum atomic E-state index is 8.80. The summed E-state index contributed by atoms with van der Waals surface area (Å²) in [5.74, 6) is 0.663. The summed E-state index contributed by atoms with van der Waals surface area (Å²) in [7, 11) is 0. The van der Waals surface area contributed by atoms with Gasteiger partial charge >= 0.3 is 5.69 Å². The van der Waals surface area contributed by atoms with E-state index in [0.717, 1.165) is 18.8 Å². The van der Waals surface area contributed by atoms with Crippen LogP contribution < -0.4 is 9.64 Å². The van der Waals surface area contributed by atoms with E-state index < -0.39 is 0 Å². The minimum atomic E-state index is -0.0278. The Kier molecular flexibility index (Phi) is 3.78. The molecule has 1 aromatic carbocycles. The first-order valence-electron chi connectivity index (χ1n) is 5.83. The van der Waals surface area contributed by atoms with Crippen molar-refractivity contribution in [3.8, 4) is 5.75 Å². The molecule has 1 N–H and O–H groups in total. The van der Waals surface area contributed by atoms with Gasteiger partial charge in [0, 0.05) is 19.2 Å². The maximum absolute atomic E-state index is 8.80. The lowest BCUT2D eigenvalue weighted by Gasteiger charge is -2.20. The van der Waals surface area contributed by atoms with Crippen LogP contribution in [0.5, 0.6) is 5.75 Å². The van der Waals surface area contributed by atoms with Crippen molar-refractivity contribution in [2.75, 3.05) is 31.2 Å². The highest BCUT2D eigenvalue weighted by atomic mass is 16.5. The Hall–Kier alpha value is -1.80. The molecule has 17 heavy (non-hydrogen) atoms. The van der Waals surface area contributed by atoms with Gasteiger partial charge in [-0.05, 0) is 18.9 Å². The van der Waals surface area contributed by atoms with Crippen molar-refractivity contribution in [1.29, 1.82) is 5.39 Å². The fourth-order valence-corrected chi connectivity index (χ4v) is 2.06. The molecule has 0 saturated carbocycles. The first kappa shape index (κ1) is 11.7. The third-order valence-electron chi connectivity index (χ3n) is 2.85. The highest BCUT2D eigenvalue weighted by Crippen LogP contribution is 2.34. The molecule has 1 aromatic rings. The number of aliphatic hydroxyl groups is 1. The van der Waals surface area contributed by atoms with E-state index in [1.54, 1.807) is 12.1 Å². The number of benzene rings is 1. The molecule has 90 valence electrons. The van der Waals surface area contributed by atoms with Crippen molar-refractivity contribution >= 4 is 11.4 Å². The first-order chi connectivity index (χ1) is 8.35. The highest BCUT2D eigenvalue weighted by Gasteiger charge is 2.19. The summed E-state index contributed by atoms with van der Waals surface area (Å²) >= 11 is 0. The monoisotopic (exact) mass is 234 g/mol. The molecule has 0 amide bonds. The van der Waals surface area contributed by atoms with Gasteiger partial charge in [0.25, 0.3) is 0 Å². The molecule has 0 radical (unpaired) electrons. The molecule has 5 heteroatoms. The van der Waals surface area contributed by atoms with Crippen LogP contribution in [0.15, 0.2) is 18.2 Å². The van der Waals surface area contributed by atoms with Crippen LogP contribution in [0.25, 0.3) is 4.98 Å². The number of ether oxygens (including phenoxy) is 1. The largest absolute Gasteiger partial charge is 0.489 e.